The lowest BCUT2D eigenvalue weighted by molar-refractivity contribution is -0.118. The third kappa shape index (κ3) is 4.90. The average Bonchev–Trinajstić information content (AvgIpc) is 3.30. The van der Waals surface area contributed by atoms with E-state index < -0.39 is 0 Å². The van der Waals surface area contributed by atoms with Crippen LogP contribution in [0.5, 0.6) is 11.5 Å². The van der Waals surface area contributed by atoms with Crippen LogP contribution in [0.15, 0.2) is 77.3 Å². The molecule has 4 aromatic rings. The molecule has 156 valence electrons. The van der Waals surface area contributed by atoms with Gasteiger partial charge >= 0.3 is 0 Å². The van der Waals surface area contributed by atoms with E-state index in [1.54, 1.807) is 25.3 Å². The van der Waals surface area contributed by atoms with Gasteiger partial charge in [-0.25, -0.2) is 0 Å². The molecule has 1 aromatic heterocycles. The Morgan fingerprint density at radius 1 is 0.968 bits per heavy atom. The maximum atomic E-state index is 12.2. The van der Waals surface area contributed by atoms with Crippen molar-refractivity contribution in [3.05, 3.63) is 78.4 Å². The zero-order valence-electron chi connectivity index (χ0n) is 17.2. The SMILES string of the molecule is COc1ccc(-c2noc(-c3cccc(OCC(=O)Nc4ccccc4C)c3)n2)cc1. The van der Waals surface area contributed by atoms with Crippen molar-refractivity contribution in [2.24, 2.45) is 0 Å². The summed E-state index contributed by atoms with van der Waals surface area (Å²) in [6.45, 7) is 1.82. The van der Waals surface area contributed by atoms with Crippen molar-refractivity contribution in [2.45, 2.75) is 6.92 Å². The van der Waals surface area contributed by atoms with E-state index in [9.17, 15) is 4.79 Å². The Kier molecular flexibility index (Phi) is 5.93. The molecule has 7 heteroatoms. The third-order valence-electron chi connectivity index (χ3n) is 4.64. The Hall–Kier alpha value is -4.13. The fourth-order valence-corrected chi connectivity index (χ4v) is 2.97. The van der Waals surface area contributed by atoms with Gasteiger partial charge in [-0.1, -0.05) is 29.4 Å². The number of carbonyl (C=O) groups is 1. The smallest absolute Gasteiger partial charge is 0.262 e. The minimum absolute atomic E-state index is 0.112. The molecule has 0 radical (unpaired) electrons. The van der Waals surface area contributed by atoms with Gasteiger partial charge in [0, 0.05) is 16.8 Å². The highest BCUT2D eigenvalue weighted by Gasteiger charge is 2.12. The summed E-state index contributed by atoms with van der Waals surface area (Å²) in [5.74, 6) is 1.88. The van der Waals surface area contributed by atoms with Gasteiger partial charge in [-0.15, -0.1) is 0 Å². The summed E-state index contributed by atoms with van der Waals surface area (Å²) in [7, 11) is 1.61. The number of ether oxygens (including phenoxy) is 2. The van der Waals surface area contributed by atoms with Gasteiger partial charge in [-0.05, 0) is 61.0 Å². The van der Waals surface area contributed by atoms with Crippen LogP contribution in [0.25, 0.3) is 22.8 Å². The number of benzene rings is 3. The molecule has 1 heterocycles. The summed E-state index contributed by atoms with van der Waals surface area (Å²) in [5, 5.41) is 6.89. The second-order valence-electron chi connectivity index (χ2n) is 6.83. The molecule has 0 saturated carbocycles. The molecule has 0 saturated heterocycles. The molecule has 3 aromatic carbocycles. The van der Waals surface area contributed by atoms with Crippen molar-refractivity contribution in [1.29, 1.82) is 0 Å². The second-order valence-corrected chi connectivity index (χ2v) is 6.83. The van der Waals surface area contributed by atoms with Crippen molar-refractivity contribution >= 4 is 11.6 Å². The number of aryl methyl sites for hydroxylation is 1. The van der Waals surface area contributed by atoms with Gasteiger partial charge in [0.15, 0.2) is 6.61 Å². The van der Waals surface area contributed by atoms with Gasteiger partial charge in [0.1, 0.15) is 11.5 Å². The van der Waals surface area contributed by atoms with Crippen LogP contribution < -0.4 is 14.8 Å². The molecule has 0 unspecified atom stereocenters. The maximum absolute atomic E-state index is 12.2. The second kappa shape index (κ2) is 9.13. The largest absolute Gasteiger partial charge is 0.497 e. The summed E-state index contributed by atoms with van der Waals surface area (Å²) in [6, 6.07) is 22.1. The number of carbonyl (C=O) groups excluding carboxylic acids is 1. The van der Waals surface area contributed by atoms with E-state index in [1.165, 1.54) is 0 Å². The molecule has 0 aliphatic rings. The van der Waals surface area contributed by atoms with E-state index in [2.05, 4.69) is 15.5 Å². The minimum atomic E-state index is -0.237. The van der Waals surface area contributed by atoms with Crippen LogP contribution in [0.1, 0.15) is 5.56 Å². The number of para-hydroxylation sites is 1. The monoisotopic (exact) mass is 415 g/mol. The van der Waals surface area contributed by atoms with Gasteiger partial charge < -0.3 is 19.3 Å². The van der Waals surface area contributed by atoms with Gasteiger partial charge in [0.05, 0.1) is 7.11 Å². The Morgan fingerprint density at radius 3 is 2.55 bits per heavy atom. The molecule has 1 N–H and O–H groups in total. The van der Waals surface area contributed by atoms with Crippen LogP contribution in [-0.2, 0) is 4.79 Å². The molecule has 0 aliphatic heterocycles. The number of hydrogen-bond donors (Lipinski definition) is 1. The summed E-state index contributed by atoms with van der Waals surface area (Å²) >= 11 is 0. The lowest BCUT2D eigenvalue weighted by atomic mass is 10.2. The van der Waals surface area contributed by atoms with Crippen LogP contribution in [0, 0.1) is 6.92 Å². The lowest BCUT2D eigenvalue weighted by Gasteiger charge is -2.09. The molecule has 31 heavy (non-hydrogen) atoms. The first-order valence-corrected chi connectivity index (χ1v) is 9.69. The summed E-state index contributed by atoms with van der Waals surface area (Å²) in [4.78, 5) is 16.7. The first kappa shape index (κ1) is 20.2. The summed E-state index contributed by atoms with van der Waals surface area (Å²) in [6.07, 6.45) is 0. The standard InChI is InChI=1S/C24H21N3O4/c1-16-6-3-4-9-21(16)25-22(28)15-30-20-8-5-7-18(14-20)24-26-23(27-31-24)17-10-12-19(29-2)13-11-17/h3-14H,15H2,1-2H3,(H,25,28). The van der Waals surface area contributed by atoms with Gasteiger partial charge in [0.2, 0.25) is 5.82 Å². The number of methoxy groups -OCH3 is 1. The van der Waals surface area contributed by atoms with E-state index >= 15 is 0 Å². The fourth-order valence-electron chi connectivity index (χ4n) is 2.97. The van der Waals surface area contributed by atoms with Gasteiger partial charge in [-0.2, -0.15) is 4.98 Å². The Balaban J connectivity index is 1.42. The van der Waals surface area contributed by atoms with Crippen LogP contribution >= 0.6 is 0 Å². The first-order valence-electron chi connectivity index (χ1n) is 9.69. The highest BCUT2D eigenvalue weighted by Crippen LogP contribution is 2.26. The highest BCUT2D eigenvalue weighted by molar-refractivity contribution is 5.92. The Bertz CT molecular complexity index is 1190. The van der Waals surface area contributed by atoms with Crippen molar-refractivity contribution in [3.63, 3.8) is 0 Å². The molecule has 0 bridgehead atoms. The minimum Gasteiger partial charge on any atom is -0.497 e. The molecular formula is C24H21N3O4. The normalized spacial score (nSPS) is 10.5. The maximum Gasteiger partial charge on any atom is 0.262 e. The van der Waals surface area contributed by atoms with Crippen molar-refractivity contribution in [3.8, 4) is 34.3 Å². The molecular weight excluding hydrogens is 394 g/mol. The van der Waals surface area contributed by atoms with E-state index in [0.717, 1.165) is 22.6 Å². The molecule has 7 nitrogen and oxygen atoms in total. The topological polar surface area (TPSA) is 86.5 Å². The van der Waals surface area contributed by atoms with E-state index in [1.807, 2.05) is 61.5 Å². The number of rotatable bonds is 7. The zero-order valence-corrected chi connectivity index (χ0v) is 17.2. The summed E-state index contributed by atoms with van der Waals surface area (Å²) < 4.78 is 16.2. The number of aromatic nitrogens is 2. The van der Waals surface area contributed by atoms with Crippen molar-refractivity contribution < 1.29 is 18.8 Å². The molecule has 0 fully saturated rings. The quantitative estimate of drug-likeness (QED) is 0.469. The number of nitrogens with zero attached hydrogens (tertiary/aromatic N) is 2. The molecule has 1 amide bonds. The van der Waals surface area contributed by atoms with E-state index in [-0.39, 0.29) is 12.5 Å². The average molecular weight is 415 g/mol. The molecule has 0 spiro atoms. The molecule has 0 atom stereocenters. The van der Waals surface area contributed by atoms with Gasteiger partial charge in [-0.3, -0.25) is 4.79 Å². The zero-order chi connectivity index (χ0) is 21.6. The summed E-state index contributed by atoms with van der Waals surface area (Å²) in [5.41, 5.74) is 3.27. The van der Waals surface area contributed by atoms with E-state index in [0.29, 0.717) is 23.0 Å². The number of amides is 1. The van der Waals surface area contributed by atoms with Crippen LogP contribution in [-0.4, -0.2) is 29.8 Å². The lowest BCUT2D eigenvalue weighted by Crippen LogP contribution is -2.20. The Morgan fingerprint density at radius 2 is 1.77 bits per heavy atom. The molecule has 0 aliphatic carbocycles. The van der Waals surface area contributed by atoms with Crippen LogP contribution in [0.2, 0.25) is 0 Å². The van der Waals surface area contributed by atoms with Crippen molar-refractivity contribution in [2.75, 3.05) is 19.0 Å². The number of anilines is 1. The predicted octanol–water partition coefficient (Wildman–Crippen LogP) is 4.74. The third-order valence-corrected chi connectivity index (χ3v) is 4.64. The first-order chi connectivity index (χ1) is 15.1. The fraction of sp³-hybridized carbons (Fsp3) is 0.125. The van der Waals surface area contributed by atoms with Crippen molar-refractivity contribution in [1.82, 2.24) is 10.1 Å². The number of nitrogens with one attached hydrogen (secondary N) is 1. The van der Waals surface area contributed by atoms with Crippen LogP contribution in [0.4, 0.5) is 5.69 Å². The van der Waals surface area contributed by atoms with Crippen LogP contribution in [0.3, 0.4) is 0 Å². The van der Waals surface area contributed by atoms with Gasteiger partial charge in [0.25, 0.3) is 11.8 Å². The highest BCUT2D eigenvalue weighted by atomic mass is 16.5. The number of hydrogen-bond acceptors (Lipinski definition) is 6. The predicted molar refractivity (Wildman–Crippen MR) is 117 cm³/mol. The Labute approximate surface area is 179 Å². The van der Waals surface area contributed by atoms with E-state index in [4.69, 9.17) is 14.0 Å². The molecule has 4 rings (SSSR count).